The molecule has 0 spiro atoms. The number of phenolic OH excluding ortho intramolecular Hbond substituents is 1. The molecule has 1 rings (SSSR count). The number of hydrogen-bond acceptors (Lipinski definition) is 5. The van der Waals surface area contributed by atoms with E-state index >= 15 is 0 Å². The number of rotatable bonds is 21. The molecule has 0 aliphatic carbocycles. The molecule has 39 heavy (non-hydrogen) atoms. The van der Waals surface area contributed by atoms with E-state index in [4.69, 9.17) is 4.74 Å². The number of esters is 1. The summed E-state index contributed by atoms with van der Waals surface area (Å²) in [5.74, 6) is 0.216. The number of allylic oxidation sites excluding steroid dienone is 10. The van der Waals surface area contributed by atoms with Crippen LogP contribution in [0.25, 0.3) is 0 Å². The Morgan fingerprint density at radius 3 is 2.05 bits per heavy atom. The topological polar surface area (TPSA) is 75.6 Å². The standard InChI is InChI=1S/C33H47NO4S/c1-3-5-6-7-8-9-10-11-12-13-14-15-16-17-18-19-20-23-28-39-31(4-2)33(37)38-27-26-34-32(36)29-24-21-22-25-30(29)35/h5-6,8-9,11-12,14-15,17-18,21-22,24-25,31,35H,3-4,7,10,13,16,19-20,23,26-28H2,1-2H3,(H,34,36)/t31-/m0/s1. The molecule has 6 heteroatoms. The number of amides is 1. The quantitative estimate of drug-likeness (QED) is 0.0914. The van der Waals surface area contributed by atoms with E-state index in [0.29, 0.717) is 6.42 Å². The summed E-state index contributed by atoms with van der Waals surface area (Å²) in [4.78, 5) is 24.4. The molecule has 0 heterocycles. The lowest BCUT2D eigenvalue weighted by atomic mass is 10.2. The minimum Gasteiger partial charge on any atom is -0.507 e. The molecule has 0 aromatic heterocycles. The van der Waals surface area contributed by atoms with Crippen LogP contribution in [0, 0.1) is 0 Å². The summed E-state index contributed by atoms with van der Waals surface area (Å²) in [6.45, 7) is 4.44. The summed E-state index contributed by atoms with van der Waals surface area (Å²) in [5, 5.41) is 12.2. The van der Waals surface area contributed by atoms with Gasteiger partial charge in [-0.25, -0.2) is 0 Å². The van der Waals surface area contributed by atoms with Crippen molar-refractivity contribution in [2.45, 2.75) is 76.9 Å². The Kier molecular flexibility index (Phi) is 21.0. The van der Waals surface area contributed by atoms with Gasteiger partial charge in [0.1, 0.15) is 17.6 Å². The predicted octanol–water partition coefficient (Wildman–Crippen LogP) is 8.10. The summed E-state index contributed by atoms with van der Waals surface area (Å²) < 4.78 is 5.34. The molecular formula is C33H47NO4S. The van der Waals surface area contributed by atoms with Gasteiger partial charge in [0.05, 0.1) is 12.1 Å². The Morgan fingerprint density at radius 2 is 1.46 bits per heavy atom. The molecule has 0 radical (unpaired) electrons. The van der Waals surface area contributed by atoms with Crippen LogP contribution in [-0.4, -0.2) is 41.1 Å². The number of carbonyl (C=O) groups excluding carboxylic acids is 2. The maximum atomic E-state index is 12.3. The van der Waals surface area contributed by atoms with Crippen molar-refractivity contribution in [3.05, 3.63) is 90.6 Å². The van der Waals surface area contributed by atoms with Crippen molar-refractivity contribution in [1.82, 2.24) is 5.32 Å². The fourth-order valence-electron chi connectivity index (χ4n) is 3.48. The molecule has 5 nitrogen and oxygen atoms in total. The van der Waals surface area contributed by atoms with Crippen LogP contribution in [0.1, 0.15) is 82.0 Å². The zero-order valence-electron chi connectivity index (χ0n) is 23.7. The minimum atomic E-state index is -0.391. The van der Waals surface area contributed by atoms with Crippen molar-refractivity contribution in [2.75, 3.05) is 18.9 Å². The fraction of sp³-hybridized carbons (Fsp3) is 0.455. The highest BCUT2D eigenvalue weighted by molar-refractivity contribution is 8.00. The Morgan fingerprint density at radius 1 is 0.872 bits per heavy atom. The number of thioether (sulfide) groups is 1. The number of unbranched alkanes of at least 4 members (excludes halogenated alkanes) is 2. The highest BCUT2D eigenvalue weighted by Gasteiger charge is 2.18. The lowest BCUT2D eigenvalue weighted by molar-refractivity contribution is -0.142. The van der Waals surface area contributed by atoms with Gasteiger partial charge in [-0.3, -0.25) is 9.59 Å². The lowest BCUT2D eigenvalue weighted by Crippen LogP contribution is -2.29. The third kappa shape index (κ3) is 18.0. The van der Waals surface area contributed by atoms with Gasteiger partial charge in [0.2, 0.25) is 0 Å². The zero-order valence-corrected chi connectivity index (χ0v) is 24.5. The van der Waals surface area contributed by atoms with Crippen LogP contribution in [-0.2, 0) is 9.53 Å². The first-order valence-corrected chi connectivity index (χ1v) is 15.2. The number of phenols is 1. The predicted molar refractivity (Wildman–Crippen MR) is 166 cm³/mol. The van der Waals surface area contributed by atoms with Crippen LogP contribution >= 0.6 is 11.8 Å². The number of aromatic hydroxyl groups is 1. The molecule has 1 amide bonds. The number of carbonyl (C=O) groups is 2. The Labute approximate surface area is 240 Å². The zero-order chi connectivity index (χ0) is 28.4. The molecule has 214 valence electrons. The molecule has 1 atom stereocenters. The number of para-hydroxylation sites is 1. The third-order valence-corrected chi connectivity index (χ3v) is 7.11. The first kappa shape index (κ1) is 34.0. The van der Waals surface area contributed by atoms with E-state index in [1.807, 2.05) is 6.92 Å². The van der Waals surface area contributed by atoms with E-state index in [1.165, 1.54) is 6.07 Å². The van der Waals surface area contributed by atoms with E-state index < -0.39 is 5.91 Å². The van der Waals surface area contributed by atoms with Crippen LogP contribution in [0.5, 0.6) is 5.75 Å². The first-order valence-electron chi connectivity index (χ1n) is 14.2. The Bertz CT molecular complexity index is 949. The van der Waals surface area contributed by atoms with Crippen molar-refractivity contribution in [3.8, 4) is 5.75 Å². The van der Waals surface area contributed by atoms with Gasteiger partial charge in [0.15, 0.2) is 0 Å². The minimum absolute atomic E-state index is 0.0733. The van der Waals surface area contributed by atoms with Gasteiger partial charge in [-0.1, -0.05) is 86.7 Å². The van der Waals surface area contributed by atoms with Gasteiger partial charge in [-0.2, -0.15) is 0 Å². The summed E-state index contributed by atoms with van der Waals surface area (Å²) >= 11 is 1.64. The smallest absolute Gasteiger partial charge is 0.319 e. The molecule has 0 saturated carbocycles. The summed E-state index contributed by atoms with van der Waals surface area (Å²) in [5.41, 5.74) is 0.204. The van der Waals surface area contributed by atoms with Crippen LogP contribution in [0.2, 0.25) is 0 Å². The highest BCUT2D eigenvalue weighted by atomic mass is 32.2. The SMILES string of the molecule is CCC=CCC=CCC=CCC=CCC=CCCCCS[C@@H](CC)C(=O)OCCNC(=O)c1ccccc1O. The largest absolute Gasteiger partial charge is 0.507 e. The van der Waals surface area contributed by atoms with Crippen molar-refractivity contribution in [3.63, 3.8) is 0 Å². The number of nitrogens with one attached hydrogen (secondary N) is 1. The van der Waals surface area contributed by atoms with Crippen LogP contribution < -0.4 is 5.32 Å². The molecular weight excluding hydrogens is 506 g/mol. The van der Waals surface area contributed by atoms with E-state index in [-0.39, 0.29) is 35.7 Å². The van der Waals surface area contributed by atoms with Crippen LogP contribution in [0.15, 0.2) is 85.0 Å². The monoisotopic (exact) mass is 553 g/mol. The average molecular weight is 554 g/mol. The second-order valence-corrected chi connectivity index (χ2v) is 10.2. The molecule has 1 aromatic carbocycles. The summed E-state index contributed by atoms with van der Waals surface area (Å²) in [7, 11) is 0. The van der Waals surface area contributed by atoms with Crippen LogP contribution in [0.3, 0.4) is 0 Å². The number of hydrogen-bond donors (Lipinski definition) is 2. The molecule has 1 aromatic rings. The second-order valence-electron chi connectivity index (χ2n) is 8.91. The van der Waals surface area contributed by atoms with E-state index in [2.05, 4.69) is 73.0 Å². The second kappa shape index (κ2) is 24.1. The highest BCUT2D eigenvalue weighted by Crippen LogP contribution is 2.19. The lowest BCUT2D eigenvalue weighted by Gasteiger charge is -2.14. The average Bonchev–Trinajstić information content (AvgIpc) is 2.94. The van der Waals surface area contributed by atoms with E-state index in [1.54, 1.807) is 30.0 Å². The van der Waals surface area contributed by atoms with Crippen LogP contribution in [0.4, 0.5) is 0 Å². The molecule has 2 N–H and O–H groups in total. The summed E-state index contributed by atoms with van der Waals surface area (Å²) in [6, 6.07) is 6.34. The first-order chi connectivity index (χ1) is 19.1. The Balaban J connectivity index is 2.05. The maximum absolute atomic E-state index is 12.3. The van der Waals surface area contributed by atoms with E-state index in [0.717, 1.165) is 57.1 Å². The van der Waals surface area contributed by atoms with Gasteiger partial charge in [0.25, 0.3) is 5.91 Å². The van der Waals surface area contributed by atoms with Gasteiger partial charge >= 0.3 is 5.97 Å². The van der Waals surface area contributed by atoms with Gasteiger partial charge < -0.3 is 15.2 Å². The van der Waals surface area contributed by atoms with Gasteiger partial charge in [-0.15, -0.1) is 11.8 Å². The molecule has 0 fully saturated rings. The normalized spacial score (nSPS) is 12.9. The Hall–Kier alpha value is -2.99. The van der Waals surface area contributed by atoms with Crippen molar-refractivity contribution in [1.29, 1.82) is 0 Å². The van der Waals surface area contributed by atoms with Crippen molar-refractivity contribution >= 4 is 23.6 Å². The third-order valence-electron chi connectivity index (χ3n) is 5.66. The number of benzene rings is 1. The van der Waals surface area contributed by atoms with Gasteiger partial charge in [-0.05, 0) is 75.7 Å². The number of ether oxygens (including phenoxy) is 1. The van der Waals surface area contributed by atoms with Gasteiger partial charge in [0, 0.05) is 0 Å². The molecule has 0 bridgehead atoms. The molecule has 0 aliphatic heterocycles. The van der Waals surface area contributed by atoms with Crippen molar-refractivity contribution < 1.29 is 19.4 Å². The van der Waals surface area contributed by atoms with Crippen molar-refractivity contribution in [2.24, 2.45) is 0 Å². The maximum Gasteiger partial charge on any atom is 0.319 e. The summed E-state index contributed by atoms with van der Waals surface area (Å²) in [6.07, 6.45) is 31.1. The molecule has 0 saturated heterocycles. The fourth-order valence-corrected chi connectivity index (χ4v) is 4.58. The van der Waals surface area contributed by atoms with E-state index in [9.17, 15) is 14.7 Å². The molecule has 0 aliphatic rings. The molecule has 0 unspecified atom stereocenters.